The fourth-order valence-electron chi connectivity index (χ4n) is 13.8. The van der Waals surface area contributed by atoms with Crippen molar-refractivity contribution in [1.29, 1.82) is 0 Å². The molecule has 4 saturated carbocycles. The molecule has 2 aromatic carbocycles. The van der Waals surface area contributed by atoms with E-state index in [2.05, 4.69) is 46.4 Å². The van der Waals surface area contributed by atoms with Gasteiger partial charge in [0, 0.05) is 36.0 Å². The van der Waals surface area contributed by atoms with Gasteiger partial charge in [-0.25, -0.2) is 4.39 Å². The first-order valence-electron chi connectivity index (χ1n) is 22.7. The molecule has 3 N–H and O–H groups in total. The predicted molar refractivity (Wildman–Crippen MR) is 234 cm³/mol. The van der Waals surface area contributed by atoms with Gasteiger partial charge < -0.3 is 20.2 Å². The number of carbonyl (C=O) groups is 3. The maximum absolute atomic E-state index is 14.2. The molecule has 1 aliphatic heterocycles. The summed E-state index contributed by atoms with van der Waals surface area (Å²) in [5, 5.41) is 32.5. The van der Waals surface area contributed by atoms with Gasteiger partial charge >= 0.3 is 5.97 Å². The number of nitrogens with zero attached hydrogens (tertiary/aromatic N) is 1. The molecule has 9 heteroatoms. The minimum Gasteiger partial charge on any atom is -0.481 e. The summed E-state index contributed by atoms with van der Waals surface area (Å²) >= 11 is 5.92. The molecule has 9 unspecified atom stereocenters. The first-order valence-corrected chi connectivity index (χ1v) is 23.1. The third kappa shape index (κ3) is 7.66. The van der Waals surface area contributed by atoms with Gasteiger partial charge in [-0.3, -0.25) is 14.4 Å². The number of fused-ring (bicyclic) bond motifs is 7. The topological polar surface area (TPSA) is 115 Å². The summed E-state index contributed by atoms with van der Waals surface area (Å²) in [7, 11) is 0. The number of ketones is 2. The molecule has 7 nitrogen and oxygen atoms in total. The SMILES string of the molecule is CC1(C(=O)O)CCC2(C)CCC3(C)C(=CC(=O)C4C5(C)CCC(O)C(C)(C)C5CCC43C)C2C1.O=C(CCCN1CCC(O)(c2ccc(Cl)cc2)CC1)c1ccc(F)cc1. The first kappa shape index (κ1) is 45.1. The smallest absolute Gasteiger partial charge is 0.309 e. The number of carboxylic acid groups (broad SMARTS) is 1. The van der Waals surface area contributed by atoms with Crippen LogP contribution in [0.5, 0.6) is 0 Å². The number of piperidine rings is 1. The monoisotopic (exact) mass is 845 g/mol. The number of halogens is 2. The van der Waals surface area contributed by atoms with Gasteiger partial charge in [0.2, 0.25) is 0 Å². The lowest BCUT2D eigenvalue weighted by atomic mass is 9.33. The lowest BCUT2D eigenvalue weighted by Crippen LogP contribution is -2.66. The van der Waals surface area contributed by atoms with Crippen LogP contribution in [-0.2, 0) is 15.2 Å². The van der Waals surface area contributed by atoms with Gasteiger partial charge in [-0.2, -0.15) is 0 Å². The number of Topliss-reactive ketones (excluding diaryl/α,β-unsaturated/α-hetero) is 1. The number of benzene rings is 2. The van der Waals surface area contributed by atoms with Crippen molar-refractivity contribution < 1.29 is 34.1 Å². The van der Waals surface area contributed by atoms with Crippen molar-refractivity contribution in [2.24, 2.45) is 50.2 Å². The molecule has 6 aliphatic rings. The van der Waals surface area contributed by atoms with Gasteiger partial charge in [0.15, 0.2) is 11.6 Å². The second-order valence-corrected chi connectivity index (χ2v) is 22.3. The zero-order valence-corrected chi connectivity index (χ0v) is 37.8. The van der Waals surface area contributed by atoms with E-state index in [9.17, 15) is 34.1 Å². The van der Waals surface area contributed by atoms with Crippen molar-refractivity contribution in [3.8, 4) is 0 Å². The van der Waals surface area contributed by atoms with Crippen LogP contribution in [0.15, 0.2) is 60.2 Å². The van der Waals surface area contributed by atoms with Crippen molar-refractivity contribution in [2.75, 3.05) is 19.6 Å². The van der Waals surface area contributed by atoms with E-state index in [4.69, 9.17) is 11.6 Å². The Morgan fingerprint density at radius 1 is 0.833 bits per heavy atom. The molecule has 60 heavy (non-hydrogen) atoms. The highest BCUT2D eigenvalue weighted by atomic mass is 35.5. The molecule has 0 aromatic heterocycles. The Bertz CT molecular complexity index is 1990. The van der Waals surface area contributed by atoms with Crippen molar-refractivity contribution >= 4 is 29.1 Å². The molecular weight excluding hydrogens is 777 g/mol. The summed E-state index contributed by atoms with van der Waals surface area (Å²) in [4.78, 5) is 40.8. The van der Waals surface area contributed by atoms with E-state index >= 15 is 0 Å². The molecule has 0 bridgehead atoms. The van der Waals surface area contributed by atoms with Crippen LogP contribution in [-0.4, -0.2) is 63.5 Å². The average molecular weight is 847 g/mol. The summed E-state index contributed by atoms with van der Waals surface area (Å²) in [6.45, 7) is 18.2. The van der Waals surface area contributed by atoms with Gasteiger partial charge in [-0.1, -0.05) is 70.8 Å². The molecule has 5 aliphatic carbocycles. The molecule has 5 fully saturated rings. The number of aliphatic hydroxyl groups is 2. The van der Waals surface area contributed by atoms with Gasteiger partial charge in [-0.05, 0) is 177 Å². The van der Waals surface area contributed by atoms with Crippen molar-refractivity contribution in [3.63, 3.8) is 0 Å². The van der Waals surface area contributed by atoms with Crippen LogP contribution in [0.3, 0.4) is 0 Å². The van der Waals surface area contributed by atoms with E-state index in [-0.39, 0.29) is 62.4 Å². The van der Waals surface area contributed by atoms with Crippen LogP contribution in [0, 0.1) is 56.1 Å². The van der Waals surface area contributed by atoms with Crippen LogP contribution in [0.25, 0.3) is 0 Å². The fourth-order valence-corrected chi connectivity index (χ4v) is 13.9. The Hall–Kier alpha value is -2.91. The van der Waals surface area contributed by atoms with Gasteiger partial charge in [-0.15, -0.1) is 0 Å². The zero-order valence-electron chi connectivity index (χ0n) is 37.1. The number of aliphatic hydroxyl groups excluding tert-OH is 1. The lowest BCUT2D eigenvalue weighted by molar-refractivity contribution is -0.202. The number of hydrogen-bond donors (Lipinski definition) is 3. The van der Waals surface area contributed by atoms with E-state index in [1.54, 1.807) is 0 Å². The molecule has 8 rings (SSSR count). The summed E-state index contributed by atoms with van der Waals surface area (Å²) in [5.74, 6) is -0.229. The Morgan fingerprint density at radius 3 is 2.10 bits per heavy atom. The van der Waals surface area contributed by atoms with E-state index < -0.39 is 17.0 Å². The van der Waals surface area contributed by atoms with Crippen LogP contribution in [0.4, 0.5) is 4.39 Å². The lowest BCUT2D eigenvalue weighted by Gasteiger charge is -2.70. The van der Waals surface area contributed by atoms with Gasteiger partial charge in [0.25, 0.3) is 0 Å². The highest BCUT2D eigenvalue weighted by Crippen LogP contribution is 2.75. The Kier molecular flexibility index (Phi) is 12.0. The normalized spacial score (nSPS) is 38.1. The Balaban J connectivity index is 0.000000189. The summed E-state index contributed by atoms with van der Waals surface area (Å²) in [6, 6.07) is 13.1. The van der Waals surface area contributed by atoms with Gasteiger partial charge in [0.1, 0.15) is 5.82 Å². The van der Waals surface area contributed by atoms with E-state index in [0.29, 0.717) is 42.2 Å². The molecule has 1 heterocycles. The zero-order chi connectivity index (χ0) is 43.7. The molecule has 2 aromatic rings. The maximum Gasteiger partial charge on any atom is 0.309 e. The number of hydrogen-bond acceptors (Lipinski definition) is 6. The van der Waals surface area contributed by atoms with Crippen molar-refractivity contribution in [2.45, 2.75) is 144 Å². The quantitative estimate of drug-likeness (QED) is 0.238. The number of likely N-dealkylation sites (tertiary alicyclic amines) is 1. The van der Waals surface area contributed by atoms with E-state index in [1.807, 2.05) is 37.3 Å². The minimum atomic E-state index is -0.801. The molecular formula is C51H69ClFNO6. The molecule has 328 valence electrons. The number of aliphatic carboxylic acids is 1. The van der Waals surface area contributed by atoms with E-state index in [0.717, 1.165) is 83.0 Å². The largest absolute Gasteiger partial charge is 0.481 e. The maximum atomic E-state index is 14.2. The second kappa shape index (κ2) is 16.0. The molecule has 0 radical (unpaired) electrons. The average Bonchev–Trinajstić information content (AvgIpc) is 3.19. The summed E-state index contributed by atoms with van der Waals surface area (Å²) in [5.41, 5.74) is 0.809. The summed E-state index contributed by atoms with van der Waals surface area (Å²) in [6.07, 6.45) is 12.5. The van der Waals surface area contributed by atoms with Crippen LogP contribution in [0.2, 0.25) is 5.02 Å². The third-order valence-corrected chi connectivity index (χ3v) is 18.4. The standard InChI is InChI=1S/C30H46O4.C21H23ClFNO2/c1-25(2)21-8-11-30(7)23(28(21,5)10-9-22(25)32)20(31)16-18-19-17-27(4,24(33)34)13-12-26(19,3)14-15-29(18,30)6;22-18-7-5-17(6-8-18)21(26)11-14-24(15-12-21)13-1-2-20(25)16-3-9-19(23)10-4-16/h16,19,21-23,32H,8-15,17H2,1-7H3,(H,33,34);3-10,26H,1-2,11-15H2. The summed E-state index contributed by atoms with van der Waals surface area (Å²) < 4.78 is 12.9. The third-order valence-electron chi connectivity index (χ3n) is 18.2. The molecule has 0 amide bonds. The highest BCUT2D eigenvalue weighted by Gasteiger charge is 2.70. The van der Waals surface area contributed by atoms with Crippen LogP contribution < -0.4 is 0 Å². The second-order valence-electron chi connectivity index (χ2n) is 21.8. The first-order chi connectivity index (χ1) is 28.0. The minimum absolute atomic E-state index is 0.0296. The predicted octanol–water partition coefficient (Wildman–Crippen LogP) is 10.8. The van der Waals surface area contributed by atoms with Crippen LogP contribution in [0.1, 0.15) is 148 Å². The Labute approximate surface area is 362 Å². The van der Waals surface area contributed by atoms with Crippen molar-refractivity contribution in [1.82, 2.24) is 4.90 Å². The molecule has 9 atom stereocenters. The van der Waals surface area contributed by atoms with Crippen molar-refractivity contribution in [3.05, 3.63) is 82.1 Å². The number of carbonyl (C=O) groups excluding carboxylic acids is 2. The molecule has 0 spiro atoms. The molecule has 1 saturated heterocycles. The Morgan fingerprint density at radius 2 is 1.47 bits per heavy atom. The van der Waals surface area contributed by atoms with Gasteiger partial charge in [0.05, 0.1) is 17.1 Å². The van der Waals surface area contributed by atoms with E-state index in [1.165, 1.54) is 29.8 Å². The number of allylic oxidation sites excluding steroid dienone is 2. The fraction of sp³-hybridized carbons (Fsp3) is 0.667. The van der Waals surface area contributed by atoms with Crippen LogP contribution >= 0.6 is 11.6 Å². The number of rotatable bonds is 7. The highest BCUT2D eigenvalue weighted by molar-refractivity contribution is 6.30. The number of carboxylic acids is 1.